The van der Waals surface area contributed by atoms with Crippen LogP contribution < -0.4 is 0 Å². The van der Waals surface area contributed by atoms with Gasteiger partial charge in [0.05, 0.1) is 6.20 Å². The molecule has 0 bridgehead atoms. The van der Waals surface area contributed by atoms with Gasteiger partial charge in [0.2, 0.25) is 11.8 Å². The van der Waals surface area contributed by atoms with Gasteiger partial charge < -0.3 is 4.42 Å². The van der Waals surface area contributed by atoms with Gasteiger partial charge in [0.1, 0.15) is 5.03 Å². The minimum Gasteiger partial charge on any atom is -0.426 e. The van der Waals surface area contributed by atoms with Crippen LogP contribution in [0.1, 0.15) is 18.2 Å². The lowest BCUT2D eigenvalue weighted by atomic mass is 10.3. The van der Waals surface area contributed by atoms with Crippen LogP contribution in [0.2, 0.25) is 0 Å². The molecule has 0 atom stereocenters. The van der Waals surface area contributed by atoms with E-state index in [2.05, 4.69) is 25.6 Å². The molecule has 15 heavy (non-hydrogen) atoms. The lowest BCUT2D eigenvalue weighted by Gasteiger charge is -1.94. The quantitative estimate of drug-likeness (QED) is 0.608. The Morgan fingerprint density at radius 3 is 3.07 bits per heavy atom. The lowest BCUT2D eigenvalue weighted by Crippen LogP contribution is -1.88. The van der Waals surface area contributed by atoms with Gasteiger partial charge in [0.25, 0.3) is 0 Å². The number of aromatic nitrogens is 5. The van der Waals surface area contributed by atoms with Crippen molar-refractivity contribution in [1.82, 2.24) is 25.6 Å². The van der Waals surface area contributed by atoms with Gasteiger partial charge in [-0.25, -0.2) is 0 Å². The molecule has 0 saturated heterocycles. The second kappa shape index (κ2) is 4.92. The van der Waals surface area contributed by atoms with Gasteiger partial charge in [-0.05, 0) is 6.42 Å². The number of hydrogen-bond donors (Lipinski definition) is 1. The minimum atomic E-state index is 0.620. The molecule has 7 heteroatoms. The van der Waals surface area contributed by atoms with E-state index in [-0.39, 0.29) is 0 Å². The summed E-state index contributed by atoms with van der Waals surface area (Å²) in [5.74, 6) is 2.29. The van der Waals surface area contributed by atoms with Crippen LogP contribution in [-0.2, 0) is 6.42 Å². The average molecular weight is 225 g/mol. The molecule has 2 aromatic rings. The summed E-state index contributed by atoms with van der Waals surface area (Å²) in [6.45, 7) is 1.79. The van der Waals surface area contributed by atoms with E-state index in [1.165, 1.54) is 0 Å². The molecule has 2 aromatic heterocycles. The molecule has 6 nitrogen and oxygen atoms in total. The topological polar surface area (TPSA) is 80.5 Å². The van der Waals surface area contributed by atoms with Crippen LogP contribution in [-0.4, -0.2) is 31.4 Å². The van der Waals surface area contributed by atoms with Crippen LogP contribution in [0.4, 0.5) is 0 Å². The first-order chi connectivity index (χ1) is 7.34. The monoisotopic (exact) mass is 225 g/mol. The molecule has 80 valence electrons. The summed E-state index contributed by atoms with van der Waals surface area (Å²) in [5, 5.41) is 18.8. The molecular formula is C8H11N5OS. The van der Waals surface area contributed by atoms with Crippen molar-refractivity contribution in [3.63, 3.8) is 0 Å². The van der Waals surface area contributed by atoms with Crippen LogP contribution in [0.5, 0.6) is 0 Å². The van der Waals surface area contributed by atoms with Crippen LogP contribution in [0.15, 0.2) is 15.6 Å². The second-order valence-electron chi connectivity index (χ2n) is 2.98. The van der Waals surface area contributed by atoms with Gasteiger partial charge in [-0.1, -0.05) is 0 Å². The highest BCUT2D eigenvalue weighted by Crippen LogP contribution is 2.14. The highest BCUT2D eigenvalue weighted by Gasteiger charge is 2.02. The van der Waals surface area contributed by atoms with Crippen LogP contribution in [0.25, 0.3) is 0 Å². The highest BCUT2D eigenvalue weighted by atomic mass is 32.2. The van der Waals surface area contributed by atoms with Crippen molar-refractivity contribution in [2.75, 3.05) is 5.75 Å². The summed E-state index contributed by atoms with van der Waals surface area (Å²) < 4.78 is 5.26. The maximum Gasteiger partial charge on any atom is 0.216 e. The van der Waals surface area contributed by atoms with Crippen molar-refractivity contribution in [2.45, 2.75) is 24.8 Å². The summed E-state index contributed by atoms with van der Waals surface area (Å²) in [5.41, 5.74) is 0. The average Bonchev–Trinajstić information content (AvgIpc) is 2.84. The number of thioether (sulfide) groups is 1. The minimum absolute atomic E-state index is 0.620. The summed E-state index contributed by atoms with van der Waals surface area (Å²) in [7, 11) is 0. The fourth-order valence-electron chi connectivity index (χ4n) is 1.10. The van der Waals surface area contributed by atoms with Gasteiger partial charge >= 0.3 is 0 Å². The second-order valence-corrected chi connectivity index (χ2v) is 4.09. The summed E-state index contributed by atoms with van der Waals surface area (Å²) >= 11 is 1.66. The van der Waals surface area contributed by atoms with E-state index < -0.39 is 0 Å². The first-order valence-electron chi connectivity index (χ1n) is 4.62. The van der Waals surface area contributed by atoms with E-state index in [0.29, 0.717) is 11.8 Å². The molecule has 0 aromatic carbocycles. The SMILES string of the molecule is Cc1nnc(CCCSc2cn[nH]n2)o1. The highest BCUT2D eigenvalue weighted by molar-refractivity contribution is 7.99. The van der Waals surface area contributed by atoms with Crippen LogP contribution in [0.3, 0.4) is 0 Å². The zero-order chi connectivity index (χ0) is 10.5. The zero-order valence-electron chi connectivity index (χ0n) is 8.30. The van der Waals surface area contributed by atoms with Crippen molar-refractivity contribution in [3.8, 4) is 0 Å². The molecule has 0 radical (unpaired) electrons. The standard InChI is InChI=1S/C8H11N5OS/c1-6-10-11-7(14-6)3-2-4-15-8-5-9-13-12-8/h5H,2-4H2,1H3,(H,9,12,13). The Balaban J connectivity index is 1.67. The van der Waals surface area contributed by atoms with Gasteiger partial charge in [-0.15, -0.1) is 27.1 Å². The van der Waals surface area contributed by atoms with E-state index in [0.717, 1.165) is 23.6 Å². The Labute approximate surface area is 90.9 Å². The number of hydrogen-bond acceptors (Lipinski definition) is 6. The van der Waals surface area contributed by atoms with Crippen molar-refractivity contribution >= 4 is 11.8 Å². The zero-order valence-corrected chi connectivity index (χ0v) is 9.12. The molecule has 0 unspecified atom stereocenters. The Morgan fingerprint density at radius 2 is 2.40 bits per heavy atom. The molecule has 0 amide bonds. The number of H-pyrrole nitrogens is 1. The smallest absolute Gasteiger partial charge is 0.216 e. The molecule has 0 aliphatic heterocycles. The maximum atomic E-state index is 5.26. The predicted molar refractivity (Wildman–Crippen MR) is 54.5 cm³/mol. The third-order valence-electron chi connectivity index (χ3n) is 1.75. The summed E-state index contributed by atoms with van der Waals surface area (Å²) in [4.78, 5) is 0. The molecule has 1 N–H and O–H groups in total. The Bertz CT molecular complexity index is 399. The first kappa shape index (κ1) is 10.2. The van der Waals surface area contributed by atoms with E-state index in [1.54, 1.807) is 24.9 Å². The van der Waals surface area contributed by atoms with Crippen molar-refractivity contribution in [3.05, 3.63) is 18.0 Å². The molecule has 0 aliphatic carbocycles. The normalized spacial score (nSPS) is 10.7. The van der Waals surface area contributed by atoms with Crippen LogP contribution in [0, 0.1) is 6.92 Å². The van der Waals surface area contributed by atoms with Gasteiger partial charge in [-0.2, -0.15) is 10.3 Å². The molecule has 0 saturated carbocycles. The molecule has 0 aliphatic rings. The Morgan fingerprint density at radius 1 is 1.47 bits per heavy atom. The molecule has 0 spiro atoms. The Kier molecular flexibility index (Phi) is 3.33. The lowest BCUT2D eigenvalue weighted by molar-refractivity contribution is 0.465. The fraction of sp³-hybridized carbons (Fsp3) is 0.500. The first-order valence-corrected chi connectivity index (χ1v) is 5.61. The van der Waals surface area contributed by atoms with E-state index in [1.807, 2.05) is 0 Å². The number of nitrogens with zero attached hydrogens (tertiary/aromatic N) is 4. The third kappa shape index (κ3) is 3.05. The van der Waals surface area contributed by atoms with E-state index >= 15 is 0 Å². The van der Waals surface area contributed by atoms with Crippen molar-refractivity contribution < 1.29 is 4.42 Å². The predicted octanol–water partition coefficient (Wildman–Crippen LogP) is 1.22. The van der Waals surface area contributed by atoms with Crippen molar-refractivity contribution in [2.24, 2.45) is 0 Å². The third-order valence-corrected chi connectivity index (χ3v) is 2.73. The maximum absolute atomic E-state index is 5.26. The fourth-order valence-corrected chi connectivity index (χ4v) is 1.83. The summed E-state index contributed by atoms with van der Waals surface area (Å²) in [6.07, 6.45) is 3.51. The Hall–Kier alpha value is -1.37. The van der Waals surface area contributed by atoms with E-state index in [9.17, 15) is 0 Å². The molecular weight excluding hydrogens is 214 g/mol. The van der Waals surface area contributed by atoms with Gasteiger partial charge in [0, 0.05) is 19.1 Å². The number of aromatic amines is 1. The number of nitrogens with one attached hydrogen (secondary N) is 1. The van der Waals surface area contributed by atoms with Gasteiger partial charge in [-0.3, -0.25) is 0 Å². The largest absolute Gasteiger partial charge is 0.426 e. The number of rotatable bonds is 5. The number of aryl methyl sites for hydroxylation is 2. The van der Waals surface area contributed by atoms with Crippen LogP contribution >= 0.6 is 11.8 Å². The summed E-state index contributed by atoms with van der Waals surface area (Å²) in [6, 6.07) is 0. The molecule has 2 rings (SSSR count). The van der Waals surface area contributed by atoms with Gasteiger partial charge in [0.15, 0.2) is 0 Å². The molecule has 0 fully saturated rings. The van der Waals surface area contributed by atoms with E-state index in [4.69, 9.17) is 4.42 Å². The molecule has 2 heterocycles. The van der Waals surface area contributed by atoms with Crippen molar-refractivity contribution in [1.29, 1.82) is 0 Å².